The molecule has 7 nitrogen and oxygen atoms in total. The van der Waals surface area contributed by atoms with E-state index in [1.54, 1.807) is 36.4 Å². The topological polar surface area (TPSA) is 86.8 Å². The van der Waals surface area contributed by atoms with Crippen LogP contribution in [0.25, 0.3) is 10.8 Å². The highest BCUT2D eigenvalue weighted by atomic mass is 35.5. The van der Waals surface area contributed by atoms with Crippen LogP contribution in [-0.2, 0) is 32.6 Å². The second-order valence-electron chi connectivity index (χ2n) is 9.48. The molecular formula is C31H32ClN3O4S. The molecule has 2 amide bonds. The number of carbonyl (C=O) groups excluding carboxylic acids is 2. The number of hydrogen-bond donors (Lipinski definition) is 1. The lowest BCUT2D eigenvalue weighted by Crippen LogP contribution is -2.53. The molecule has 0 aromatic heterocycles. The summed E-state index contributed by atoms with van der Waals surface area (Å²) in [5.41, 5.74) is 1.52. The molecule has 208 valence electrons. The van der Waals surface area contributed by atoms with E-state index in [2.05, 4.69) is 5.32 Å². The highest BCUT2D eigenvalue weighted by Crippen LogP contribution is 2.23. The highest BCUT2D eigenvalue weighted by molar-refractivity contribution is 7.89. The summed E-state index contributed by atoms with van der Waals surface area (Å²) in [6, 6.07) is 27.9. The Morgan fingerprint density at radius 2 is 1.52 bits per heavy atom. The van der Waals surface area contributed by atoms with E-state index in [1.807, 2.05) is 61.5 Å². The summed E-state index contributed by atoms with van der Waals surface area (Å²) in [7, 11) is -2.63. The first-order valence-corrected chi connectivity index (χ1v) is 14.8. The number of sulfonamides is 1. The van der Waals surface area contributed by atoms with E-state index in [0.29, 0.717) is 17.1 Å². The van der Waals surface area contributed by atoms with Gasteiger partial charge in [0.2, 0.25) is 21.8 Å². The second-order valence-corrected chi connectivity index (χ2v) is 11.9. The third-order valence-corrected chi connectivity index (χ3v) is 8.88. The van der Waals surface area contributed by atoms with Crippen LogP contribution in [0.2, 0.25) is 5.02 Å². The predicted molar refractivity (Wildman–Crippen MR) is 158 cm³/mol. The van der Waals surface area contributed by atoms with Crippen molar-refractivity contribution in [2.24, 2.45) is 0 Å². The molecule has 0 heterocycles. The summed E-state index contributed by atoms with van der Waals surface area (Å²) in [5.74, 6) is -0.842. The van der Waals surface area contributed by atoms with Crippen LogP contribution >= 0.6 is 11.6 Å². The molecule has 0 saturated carbocycles. The largest absolute Gasteiger partial charge is 0.355 e. The van der Waals surface area contributed by atoms with Gasteiger partial charge in [-0.25, -0.2) is 8.42 Å². The van der Waals surface area contributed by atoms with E-state index in [0.717, 1.165) is 20.6 Å². The minimum Gasteiger partial charge on any atom is -0.355 e. The number of likely N-dealkylation sites (N-methyl/N-ethyl adjacent to an activating group) is 2. The van der Waals surface area contributed by atoms with Crippen molar-refractivity contribution in [1.29, 1.82) is 0 Å². The molecule has 4 rings (SSSR count). The Morgan fingerprint density at radius 3 is 2.23 bits per heavy atom. The molecule has 9 heteroatoms. The number of benzene rings is 4. The van der Waals surface area contributed by atoms with Crippen molar-refractivity contribution in [2.45, 2.75) is 30.8 Å². The van der Waals surface area contributed by atoms with Gasteiger partial charge in [0.1, 0.15) is 6.04 Å². The number of fused-ring (bicyclic) bond motifs is 1. The zero-order chi connectivity index (χ0) is 28.7. The average molecular weight is 578 g/mol. The van der Waals surface area contributed by atoms with Gasteiger partial charge in [0.05, 0.1) is 11.4 Å². The summed E-state index contributed by atoms with van der Waals surface area (Å²) >= 11 is 6.44. The first-order valence-electron chi connectivity index (χ1n) is 13.0. The van der Waals surface area contributed by atoms with Crippen molar-refractivity contribution in [3.63, 3.8) is 0 Å². The quantitative estimate of drug-likeness (QED) is 0.275. The third kappa shape index (κ3) is 6.88. The molecule has 0 unspecified atom stereocenters. The van der Waals surface area contributed by atoms with Gasteiger partial charge in [-0.2, -0.15) is 4.31 Å². The molecule has 4 aromatic rings. The molecule has 0 spiro atoms. The number of amides is 2. The van der Waals surface area contributed by atoms with Gasteiger partial charge in [-0.1, -0.05) is 90.5 Å². The smallest absolute Gasteiger partial charge is 0.243 e. The number of rotatable bonds is 11. The number of nitrogens with zero attached hydrogens (tertiary/aromatic N) is 2. The molecule has 1 N–H and O–H groups in total. The van der Waals surface area contributed by atoms with Crippen molar-refractivity contribution in [2.75, 3.05) is 20.1 Å². The molecule has 1 atom stereocenters. The maximum atomic E-state index is 13.9. The predicted octanol–water partition coefficient (Wildman–Crippen LogP) is 4.89. The van der Waals surface area contributed by atoms with Crippen LogP contribution in [0.3, 0.4) is 0 Å². The van der Waals surface area contributed by atoms with Gasteiger partial charge in [-0.15, -0.1) is 0 Å². The van der Waals surface area contributed by atoms with Crippen LogP contribution in [0.4, 0.5) is 0 Å². The Kier molecular flexibility index (Phi) is 9.58. The number of halogens is 1. The molecule has 0 bridgehead atoms. The zero-order valence-corrected chi connectivity index (χ0v) is 24.0. The number of hydrogen-bond acceptors (Lipinski definition) is 4. The maximum Gasteiger partial charge on any atom is 0.243 e. The fraction of sp³-hybridized carbons (Fsp3) is 0.226. The van der Waals surface area contributed by atoms with E-state index >= 15 is 0 Å². The first kappa shape index (κ1) is 29.3. The van der Waals surface area contributed by atoms with Crippen molar-refractivity contribution >= 4 is 44.2 Å². The lowest BCUT2D eigenvalue weighted by molar-refractivity contribution is -0.141. The zero-order valence-electron chi connectivity index (χ0n) is 22.5. The summed E-state index contributed by atoms with van der Waals surface area (Å²) in [6.45, 7) is 1.78. The molecule has 0 aliphatic heterocycles. The number of nitrogens with one attached hydrogen (secondary N) is 1. The summed E-state index contributed by atoms with van der Waals surface area (Å²) in [5, 5.41) is 4.98. The minimum absolute atomic E-state index is 0.0387. The number of carbonyl (C=O) groups is 2. The Labute approximate surface area is 240 Å². The summed E-state index contributed by atoms with van der Waals surface area (Å²) in [4.78, 5) is 28.7. The normalized spacial score (nSPS) is 12.3. The standard InChI is InChI=1S/C31H32ClN3O4S/c1-3-33-31(37)29(19-23-11-5-4-6-12-23)35(21-26-15-9-10-16-28(26)32)30(36)22-34(2)40(38,39)27-18-17-24-13-7-8-14-25(24)20-27/h4-18,20,29H,3,19,21-22H2,1-2H3,(H,33,37)/t29-/m1/s1. The van der Waals surface area contributed by atoms with Gasteiger partial charge in [0, 0.05) is 31.6 Å². The van der Waals surface area contributed by atoms with Crippen LogP contribution in [0.5, 0.6) is 0 Å². The molecule has 40 heavy (non-hydrogen) atoms. The lowest BCUT2D eigenvalue weighted by atomic mass is 10.0. The van der Waals surface area contributed by atoms with Gasteiger partial charge in [0.15, 0.2) is 0 Å². The van der Waals surface area contributed by atoms with Gasteiger partial charge < -0.3 is 10.2 Å². The highest BCUT2D eigenvalue weighted by Gasteiger charge is 2.33. The first-order chi connectivity index (χ1) is 19.2. The molecule has 0 radical (unpaired) electrons. The fourth-order valence-electron chi connectivity index (χ4n) is 4.53. The molecular weight excluding hydrogens is 546 g/mol. The van der Waals surface area contributed by atoms with Crippen molar-refractivity contribution in [3.05, 3.63) is 113 Å². The SMILES string of the molecule is CCNC(=O)[C@@H](Cc1ccccc1)N(Cc1ccccc1Cl)C(=O)CN(C)S(=O)(=O)c1ccc2ccccc2c1. The third-order valence-electron chi connectivity index (χ3n) is 6.71. The van der Waals surface area contributed by atoms with Crippen LogP contribution in [-0.4, -0.2) is 55.6 Å². The minimum atomic E-state index is -4.00. The Bertz CT molecular complexity index is 1590. The van der Waals surface area contributed by atoms with Gasteiger partial charge in [-0.3, -0.25) is 9.59 Å². The van der Waals surface area contributed by atoms with Crippen LogP contribution in [0, 0.1) is 0 Å². The molecule has 4 aromatic carbocycles. The second kappa shape index (κ2) is 13.1. The van der Waals surface area contributed by atoms with E-state index in [1.165, 1.54) is 18.0 Å². The van der Waals surface area contributed by atoms with E-state index < -0.39 is 28.5 Å². The molecule has 0 saturated heterocycles. The van der Waals surface area contributed by atoms with Crippen molar-refractivity contribution in [1.82, 2.24) is 14.5 Å². The lowest BCUT2D eigenvalue weighted by Gasteiger charge is -2.32. The van der Waals surface area contributed by atoms with Gasteiger partial charge in [-0.05, 0) is 47.0 Å². The van der Waals surface area contributed by atoms with E-state index in [9.17, 15) is 18.0 Å². The van der Waals surface area contributed by atoms with Crippen molar-refractivity contribution in [3.8, 4) is 0 Å². The average Bonchev–Trinajstić information content (AvgIpc) is 2.96. The molecule has 0 fully saturated rings. The Hall–Kier alpha value is -3.72. The Balaban J connectivity index is 1.67. The monoisotopic (exact) mass is 577 g/mol. The van der Waals surface area contributed by atoms with Crippen LogP contribution in [0.1, 0.15) is 18.1 Å². The van der Waals surface area contributed by atoms with Crippen LogP contribution < -0.4 is 5.32 Å². The van der Waals surface area contributed by atoms with E-state index in [4.69, 9.17) is 11.6 Å². The van der Waals surface area contributed by atoms with E-state index in [-0.39, 0.29) is 23.8 Å². The van der Waals surface area contributed by atoms with Crippen LogP contribution in [0.15, 0.2) is 102 Å². The summed E-state index contributed by atoms with van der Waals surface area (Å²) < 4.78 is 28.0. The van der Waals surface area contributed by atoms with Gasteiger partial charge >= 0.3 is 0 Å². The van der Waals surface area contributed by atoms with Crippen molar-refractivity contribution < 1.29 is 18.0 Å². The Morgan fingerprint density at radius 1 is 0.875 bits per heavy atom. The van der Waals surface area contributed by atoms with Gasteiger partial charge in [0.25, 0.3) is 0 Å². The maximum absolute atomic E-state index is 13.9. The molecule has 0 aliphatic rings. The fourth-order valence-corrected chi connectivity index (χ4v) is 5.88. The molecule has 0 aliphatic carbocycles. The summed E-state index contributed by atoms with van der Waals surface area (Å²) in [6.07, 6.45) is 0.254.